The highest BCUT2D eigenvalue weighted by molar-refractivity contribution is 5.95. The molecular formula is C20H23N3O3. The van der Waals surface area contributed by atoms with Crippen molar-refractivity contribution in [1.82, 2.24) is 15.3 Å². The summed E-state index contributed by atoms with van der Waals surface area (Å²) in [5.74, 6) is -0.712. The highest BCUT2D eigenvalue weighted by Gasteiger charge is 2.22. The van der Waals surface area contributed by atoms with Gasteiger partial charge in [-0.05, 0) is 37.8 Å². The summed E-state index contributed by atoms with van der Waals surface area (Å²) in [6, 6.07) is 7.17. The van der Waals surface area contributed by atoms with Crippen molar-refractivity contribution in [2.75, 3.05) is 0 Å². The second-order valence-electron chi connectivity index (χ2n) is 6.84. The zero-order valence-electron chi connectivity index (χ0n) is 14.8. The zero-order valence-corrected chi connectivity index (χ0v) is 14.8. The Morgan fingerprint density at radius 3 is 2.69 bits per heavy atom. The first kappa shape index (κ1) is 18.0. The summed E-state index contributed by atoms with van der Waals surface area (Å²) in [5, 5.41) is 12.2. The van der Waals surface area contributed by atoms with Crippen molar-refractivity contribution in [3.8, 4) is 11.3 Å². The monoisotopic (exact) mass is 353 g/mol. The van der Waals surface area contributed by atoms with Crippen molar-refractivity contribution in [3.05, 3.63) is 47.9 Å². The summed E-state index contributed by atoms with van der Waals surface area (Å²) >= 11 is 0. The van der Waals surface area contributed by atoms with Crippen LogP contribution in [0.4, 0.5) is 0 Å². The molecule has 1 aliphatic carbocycles. The van der Waals surface area contributed by atoms with E-state index < -0.39 is 5.97 Å². The molecule has 1 fully saturated rings. The van der Waals surface area contributed by atoms with Gasteiger partial charge in [-0.1, -0.05) is 31.4 Å². The average molecular weight is 353 g/mol. The summed E-state index contributed by atoms with van der Waals surface area (Å²) in [6.45, 7) is 2.07. The summed E-state index contributed by atoms with van der Waals surface area (Å²) < 4.78 is 0. The third kappa shape index (κ3) is 4.25. The number of benzene rings is 1. The number of carbonyl (C=O) groups is 2. The van der Waals surface area contributed by atoms with Crippen LogP contribution in [0.3, 0.4) is 0 Å². The van der Waals surface area contributed by atoms with Crippen LogP contribution in [0.1, 0.15) is 59.9 Å². The summed E-state index contributed by atoms with van der Waals surface area (Å²) in [5.41, 5.74) is 1.51. The van der Waals surface area contributed by atoms with E-state index >= 15 is 0 Å². The van der Waals surface area contributed by atoms with Crippen molar-refractivity contribution in [2.45, 2.75) is 45.1 Å². The van der Waals surface area contributed by atoms with E-state index in [2.05, 4.69) is 22.2 Å². The number of rotatable bonds is 5. The minimum atomic E-state index is -1.13. The number of amides is 1. The van der Waals surface area contributed by atoms with Crippen LogP contribution in [0.2, 0.25) is 0 Å². The lowest BCUT2D eigenvalue weighted by atomic mass is 9.84. The lowest BCUT2D eigenvalue weighted by Crippen LogP contribution is -2.38. The van der Waals surface area contributed by atoms with E-state index in [0.29, 0.717) is 22.7 Å². The first-order chi connectivity index (χ1) is 12.5. The van der Waals surface area contributed by atoms with Crippen molar-refractivity contribution >= 4 is 11.9 Å². The van der Waals surface area contributed by atoms with E-state index in [1.165, 1.54) is 44.5 Å². The Bertz CT molecular complexity index is 800. The maximum atomic E-state index is 12.6. The van der Waals surface area contributed by atoms with E-state index in [-0.39, 0.29) is 17.6 Å². The molecule has 136 valence electrons. The molecule has 1 aromatic heterocycles. The smallest absolute Gasteiger partial charge is 0.356 e. The van der Waals surface area contributed by atoms with Crippen LogP contribution in [0.25, 0.3) is 11.3 Å². The molecule has 6 heteroatoms. The van der Waals surface area contributed by atoms with Gasteiger partial charge in [0.1, 0.15) is 0 Å². The van der Waals surface area contributed by atoms with Gasteiger partial charge >= 0.3 is 5.97 Å². The van der Waals surface area contributed by atoms with Crippen LogP contribution < -0.4 is 5.32 Å². The normalized spacial score (nSPS) is 16.0. The summed E-state index contributed by atoms with van der Waals surface area (Å²) in [6.07, 6.45) is 8.79. The Morgan fingerprint density at radius 2 is 1.96 bits per heavy atom. The second-order valence-corrected chi connectivity index (χ2v) is 6.84. The van der Waals surface area contributed by atoms with Crippen LogP contribution in [0.5, 0.6) is 0 Å². The maximum Gasteiger partial charge on any atom is 0.356 e. The summed E-state index contributed by atoms with van der Waals surface area (Å²) in [4.78, 5) is 31.7. The number of nitrogens with one attached hydrogen (secondary N) is 1. The van der Waals surface area contributed by atoms with Crippen molar-refractivity contribution < 1.29 is 14.7 Å². The average Bonchev–Trinajstić information content (AvgIpc) is 2.68. The topological polar surface area (TPSA) is 92.2 Å². The lowest BCUT2D eigenvalue weighted by molar-refractivity contribution is 0.0689. The quantitative estimate of drug-likeness (QED) is 0.858. The van der Waals surface area contributed by atoms with Crippen molar-refractivity contribution in [3.63, 3.8) is 0 Å². The van der Waals surface area contributed by atoms with Gasteiger partial charge in [0, 0.05) is 17.2 Å². The fourth-order valence-electron chi connectivity index (χ4n) is 3.47. The minimum absolute atomic E-state index is 0.118. The van der Waals surface area contributed by atoms with Gasteiger partial charge in [-0.2, -0.15) is 0 Å². The van der Waals surface area contributed by atoms with Gasteiger partial charge in [-0.3, -0.25) is 9.78 Å². The van der Waals surface area contributed by atoms with Crippen LogP contribution in [0, 0.1) is 5.92 Å². The van der Waals surface area contributed by atoms with Gasteiger partial charge in [0.15, 0.2) is 5.69 Å². The first-order valence-electron chi connectivity index (χ1n) is 9.01. The van der Waals surface area contributed by atoms with Crippen LogP contribution in [-0.4, -0.2) is 33.0 Å². The minimum Gasteiger partial charge on any atom is -0.476 e. The fraction of sp³-hybridized carbons (Fsp3) is 0.400. The molecule has 1 heterocycles. The number of nitrogens with zero attached hydrogens (tertiary/aromatic N) is 2. The predicted octanol–water partition coefficient (Wildman–Crippen LogP) is 3.54. The third-order valence-corrected chi connectivity index (χ3v) is 4.99. The number of aromatic carboxylic acids is 1. The molecule has 2 aromatic rings. The molecule has 0 bridgehead atoms. The molecule has 0 aliphatic heterocycles. The van der Waals surface area contributed by atoms with E-state index in [9.17, 15) is 9.59 Å². The van der Waals surface area contributed by atoms with E-state index in [1.807, 2.05) is 0 Å². The molecule has 1 saturated carbocycles. The lowest BCUT2D eigenvalue weighted by Gasteiger charge is -2.28. The molecule has 0 saturated heterocycles. The molecule has 0 unspecified atom stereocenters. The van der Waals surface area contributed by atoms with E-state index in [4.69, 9.17) is 5.11 Å². The number of carbonyl (C=O) groups excluding carboxylic acids is 1. The highest BCUT2D eigenvalue weighted by Crippen LogP contribution is 2.26. The van der Waals surface area contributed by atoms with Gasteiger partial charge in [-0.15, -0.1) is 0 Å². The van der Waals surface area contributed by atoms with Crippen molar-refractivity contribution in [1.29, 1.82) is 0 Å². The Hall–Kier alpha value is -2.76. The molecule has 3 rings (SSSR count). The van der Waals surface area contributed by atoms with Gasteiger partial charge < -0.3 is 10.4 Å². The van der Waals surface area contributed by atoms with Crippen LogP contribution in [-0.2, 0) is 0 Å². The number of aromatic nitrogens is 2. The first-order valence-corrected chi connectivity index (χ1v) is 9.01. The number of carboxylic acid groups (broad SMARTS) is 1. The number of carboxylic acids is 1. The molecule has 26 heavy (non-hydrogen) atoms. The Balaban J connectivity index is 1.75. The van der Waals surface area contributed by atoms with Gasteiger partial charge in [0.2, 0.25) is 0 Å². The zero-order chi connectivity index (χ0) is 18.5. The van der Waals surface area contributed by atoms with Crippen LogP contribution >= 0.6 is 0 Å². The predicted molar refractivity (Wildman–Crippen MR) is 97.9 cm³/mol. The second kappa shape index (κ2) is 8.08. The molecule has 1 aliphatic rings. The molecule has 1 aromatic carbocycles. The van der Waals surface area contributed by atoms with E-state index in [1.54, 1.807) is 24.3 Å². The number of hydrogen-bond donors (Lipinski definition) is 2. The van der Waals surface area contributed by atoms with Gasteiger partial charge in [0.25, 0.3) is 5.91 Å². The van der Waals surface area contributed by atoms with Crippen molar-refractivity contribution in [2.24, 2.45) is 5.92 Å². The molecule has 0 radical (unpaired) electrons. The maximum absolute atomic E-state index is 12.6. The molecule has 1 amide bonds. The van der Waals surface area contributed by atoms with Crippen LogP contribution in [0.15, 0.2) is 36.7 Å². The van der Waals surface area contributed by atoms with Gasteiger partial charge in [0.05, 0.1) is 18.1 Å². The molecule has 0 spiro atoms. The third-order valence-electron chi connectivity index (χ3n) is 4.99. The summed E-state index contributed by atoms with van der Waals surface area (Å²) in [7, 11) is 0. The fourth-order valence-corrected chi connectivity index (χ4v) is 3.47. The largest absolute Gasteiger partial charge is 0.476 e. The Labute approximate surface area is 152 Å². The molecule has 6 nitrogen and oxygen atoms in total. The number of hydrogen-bond acceptors (Lipinski definition) is 4. The van der Waals surface area contributed by atoms with E-state index in [0.717, 1.165) is 0 Å². The highest BCUT2D eigenvalue weighted by atomic mass is 16.4. The van der Waals surface area contributed by atoms with Gasteiger partial charge in [-0.25, -0.2) is 9.78 Å². The SMILES string of the molecule is C[C@@H](NC(=O)c1cccc(-c2cncc(C(=O)O)n2)c1)C1CCCCC1. The molecule has 2 N–H and O–H groups in total. The Kier molecular flexibility index (Phi) is 5.61. The molecular weight excluding hydrogens is 330 g/mol. The standard InChI is InChI=1S/C20H23N3O3/c1-13(14-6-3-2-4-7-14)22-19(24)16-9-5-8-15(10-16)17-11-21-12-18(23-17)20(25)26/h5,8-14H,2-4,6-7H2,1H3,(H,22,24)(H,25,26)/t13-/m1/s1. The Morgan fingerprint density at radius 1 is 1.19 bits per heavy atom. The molecule has 1 atom stereocenters.